The van der Waals surface area contributed by atoms with Gasteiger partial charge in [-0.3, -0.25) is 15.1 Å². The van der Waals surface area contributed by atoms with E-state index in [1.807, 2.05) is 6.92 Å². The van der Waals surface area contributed by atoms with Gasteiger partial charge in [0, 0.05) is 23.4 Å². The van der Waals surface area contributed by atoms with Crippen LogP contribution in [0.4, 0.5) is 10.1 Å². The number of nitrogens with zero attached hydrogens (tertiary/aromatic N) is 2. The third-order valence-corrected chi connectivity index (χ3v) is 3.95. The average molecular weight is 268 g/mol. The molecule has 18 heavy (non-hydrogen) atoms. The van der Waals surface area contributed by atoms with E-state index in [1.54, 1.807) is 17.3 Å². The van der Waals surface area contributed by atoms with Crippen LogP contribution in [0, 0.1) is 15.9 Å². The topological polar surface area (TPSA) is 55.5 Å². The van der Waals surface area contributed by atoms with E-state index >= 15 is 0 Å². The molecule has 0 saturated carbocycles. The second-order valence-electron chi connectivity index (χ2n) is 4.16. The molecule has 0 spiro atoms. The summed E-state index contributed by atoms with van der Waals surface area (Å²) in [5, 5.41) is 10.8. The van der Waals surface area contributed by atoms with Gasteiger partial charge in [-0.2, -0.15) is 0 Å². The molecule has 0 aromatic heterocycles. The maximum atomic E-state index is 13.9. The van der Waals surface area contributed by atoms with Gasteiger partial charge in [-0.1, -0.05) is 6.92 Å². The molecule has 2 rings (SSSR count). The summed E-state index contributed by atoms with van der Waals surface area (Å²) in [5.74, 6) is 0.422. The summed E-state index contributed by atoms with van der Waals surface area (Å²) in [6.45, 7) is 1.92. The van der Waals surface area contributed by atoms with Gasteiger partial charge in [-0.25, -0.2) is 4.39 Å². The number of hydrogen-bond donors (Lipinski definition) is 0. The first kappa shape index (κ1) is 13.0. The highest BCUT2D eigenvalue weighted by molar-refractivity contribution is 8.12. The molecule has 1 aliphatic rings. The van der Waals surface area contributed by atoms with Crippen molar-refractivity contribution in [3.05, 3.63) is 39.7 Å². The first-order chi connectivity index (χ1) is 8.59. The minimum atomic E-state index is -0.651. The van der Waals surface area contributed by atoms with E-state index in [0.29, 0.717) is 18.4 Å². The van der Waals surface area contributed by atoms with E-state index in [9.17, 15) is 14.5 Å². The summed E-state index contributed by atoms with van der Waals surface area (Å²) in [7, 11) is 0. The second kappa shape index (κ2) is 5.06. The molecule has 0 radical (unpaired) electrons. The van der Waals surface area contributed by atoms with Crippen LogP contribution in [-0.4, -0.2) is 16.2 Å². The Hall–Kier alpha value is -1.43. The molecule has 1 heterocycles. The third-order valence-electron chi connectivity index (χ3n) is 3.25. The Balaban J connectivity index is 2.54. The van der Waals surface area contributed by atoms with Crippen LogP contribution < -0.4 is 0 Å². The Bertz CT molecular complexity index is 507. The molecule has 0 fully saturated rings. The Labute approximate surface area is 108 Å². The van der Waals surface area contributed by atoms with Crippen molar-refractivity contribution in [1.29, 1.82) is 0 Å². The lowest BCUT2D eigenvalue weighted by atomic mass is 9.84. The van der Waals surface area contributed by atoms with Crippen molar-refractivity contribution in [2.24, 2.45) is 4.99 Å². The SMILES string of the molecule is CC[C@@]1(c2cc([N+](=O)[O-])ccc2F)CCSC=N1. The molecule has 1 aliphatic heterocycles. The molecule has 4 nitrogen and oxygen atoms in total. The highest BCUT2D eigenvalue weighted by Crippen LogP contribution is 2.39. The van der Waals surface area contributed by atoms with Gasteiger partial charge in [-0.05, 0) is 18.9 Å². The van der Waals surface area contributed by atoms with Crippen molar-refractivity contribution in [1.82, 2.24) is 0 Å². The van der Waals surface area contributed by atoms with Crippen LogP contribution in [0.15, 0.2) is 23.2 Å². The number of nitro benzene ring substituents is 1. The van der Waals surface area contributed by atoms with E-state index in [2.05, 4.69) is 4.99 Å². The van der Waals surface area contributed by atoms with Crippen LogP contribution in [0.25, 0.3) is 0 Å². The zero-order valence-electron chi connectivity index (χ0n) is 9.93. The first-order valence-corrected chi connectivity index (χ1v) is 6.73. The van der Waals surface area contributed by atoms with E-state index in [4.69, 9.17) is 0 Å². The predicted octanol–water partition coefficient (Wildman–Crippen LogP) is 3.50. The molecule has 1 aromatic carbocycles. The van der Waals surface area contributed by atoms with E-state index in [-0.39, 0.29) is 5.69 Å². The summed E-state index contributed by atoms with van der Waals surface area (Å²) >= 11 is 1.58. The number of aliphatic imine (C=N–C) groups is 1. The lowest BCUT2D eigenvalue weighted by Gasteiger charge is -2.31. The summed E-state index contributed by atoms with van der Waals surface area (Å²) in [4.78, 5) is 14.7. The van der Waals surface area contributed by atoms with Crippen LogP contribution in [-0.2, 0) is 5.54 Å². The molecule has 0 unspecified atom stereocenters. The summed E-state index contributed by atoms with van der Waals surface area (Å²) in [6.07, 6.45) is 1.32. The van der Waals surface area contributed by atoms with Crippen LogP contribution >= 0.6 is 11.8 Å². The van der Waals surface area contributed by atoms with Gasteiger partial charge >= 0.3 is 0 Å². The molecule has 6 heteroatoms. The van der Waals surface area contributed by atoms with Gasteiger partial charge in [0.05, 0.1) is 16.0 Å². The van der Waals surface area contributed by atoms with E-state index in [0.717, 1.165) is 11.8 Å². The molecule has 0 saturated heterocycles. The largest absolute Gasteiger partial charge is 0.275 e. The zero-order chi connectivity index (χ0) is 13.2. The van der Waals surface area contributed by atoms with Gasteiger partial charge in [0.1, 0.15) is 5.82 Å². The average Bonchev–Trinajstić information content (AvgIpc) is 2.39. The number of hydrogen-bond acceptors (Lipinski definition) is 4. The maximum absolute atomic E-state index is 13.9. The van der Waals surface area contributed by atoms with Crippen LogP contribution in [0.5, 0.6) is 0 Å². The highest BCUT2D eigenvalue weighted by Gasteiger charge is 2.34. The van der Waals surface area contributed by atoms with Crippen molar-refractivity contribution >= 4 is 23.0 Å². The van der Waals surface area contributed by atoms with Crippen LogP contribution in [0.2, 0.25) is 0 Å². The molecule has 1 atom stereocenters. The van der Waals surface area contributed by atoms with Crippen LogP contribution in [0.3, 0.4) is 0 Å². The molecule has 0 N–H and O–H groups in total. The Morgan fingerprint density at radius 3 is 2.94 bits per heavy atom. The number of nitro groups is 1. The van der Waals surface area contributed by atoms with Crippen molar-refractivity contribution < 1.29 is 9.31 Å². The molecule has 96 valence electrons. The second-order valence-corrected chi connectivity index (χ2v) is 5.11. The zero-order valence-corrected chi connectivity index (χ0v) is 10.7. The number of rotatable bonds is 3. The Kier molecular flexibility index (Phi) is 3.65. The maximum Gasteiger partial charge on any atom is 0.270 e. The number of halogens is 1. The molecule has 0 bridgehead atoms. The molecular formula is C12H13FN2O2S. The normalized spacial score (nSPS) is 23.0. The molecule has 0 aliphatic carbocycles. The number of benzene rings is 1. The molecular weight excluding hydrogens is 255 g/mol. The number of non-ortho nitro benzene ring substituents is 1. The van der Waals surface area contributed by atoms with Gasteiger partial charge in [-0.15, -0.1) is 11.8 Å². The predicted molar refractivity (Wildman–Crippen MR) is 70.6 cm³/mol. The van der Waals surface area contributed by atoms with Gasteiger partial charge in [0.25, 0.3) is 5.69 Å². The standard InChI is InChI=1S/C12H13FN2O2S/c1-2-12(5-6-18-8-14-12)10-7-9(15(16)17)3-4-11(10)13/h3-4,7-8H,2,5-6H2,1H3/t12-/m0/s1. The fourth-order valence-corrected chi connectivity index (χ4v) is 2.97. The lowest BCUT2D eigenvalue weighted by molar-refractivity contribution is -0.385. The smallest absolute Gasteiger partial charge is 0.270 e. The fraction of sp³-hybridized carbons (Fsp3) is 0.417. The monoisotopic (exact) mass is 268 g/mol. The van der Waals surface area contributed by atoms with Gasteiger partial charge in [0.2, 0.25) is 0 Å². The third kappa shape index (κ3) is 2.25. The highest BCUT2D eigenvalue weighted by atomic mass is 32.2. The minimum Gasteiger partial charge on any atom is -0.275 e. The van der Waals surface area contributed by atoms with Crippen molar-refractivity contribution in [2.45, 2.75) is 25.3 Å². The van der Waals surface area contributed by atoms with Crippen molar-refractivity contribution in [3.8, 4) is 0 Å². The van der Waals surface area contributed by atoms with E-state index < -0.39 is 16.3 Å². The van der Waals surface area contributed by atoms with Crippen LogP contribution in [0.1, 0.15) is 25.3 Å². The minimum absolute atomic E-state index is 0.0901. The fourth-order valence-electron chi connectivity index (χ4n) is 2.13. The Morgan fingerprint density at radius 2 is 2.39 bits per heavy atom. The van der Waals surface area contributed by atoms with Crippen molar-refractivity contribution in [3.63, 3.8) is 0 Å². The van der Waals surface area contributed by atoms with Crippen molar-refractivity contribution in [2.75, 3.05) is 5.75 Å². The summed E-state index contributed by atoms with van der Waals surface area (Å²) < 4.78 is 13.9. The molecule has 0 amide bonds. The van der Waals surface area contributed by atoms with E-state index in [1.165, 1.54) is 12.1 Å². The Morgan fingerprint density at radius 1 is 1.61 bits per heavy atom. The molecule has 1 aromatic rings. The quantitative estimate of drug-likeness (QED) is 0.622. The lowest BCUT2D eigenvalue weighted by Crippen LogP contribution is -2.27. The number of thioether (sulfide) groups is 1. The summed E-state index contributed by atoms with van der Waals surface area (Å²) in [5.41, 5.74) is 1.30. The van der Waals surface area contributed by atoms with Gasteiger partial charge in [0.15, 0.2) is 0 Å². The summed E-state index contributed by atoms with van der Waals surface area (Å²) in [6, 6.07) is 3.65. The van der Waals surface area contributed by atoms with Gasteiger partial charge < -0.3 is 0 Å². The first-order valence-electron chi connectivity index (χ1n) is 5.69.